The van der Waals surface area contributed by atoms with Crippen molar-refractivity contribution < 1.29 is 0 Å². The number of hydrogen-bond donors (Lipinski definition) is 0. The molecule has 0 fully saturated rings. The summed E-state index contributed by atoms with van der Waals surface area (Å²) >= 11 is 0. The van der Waals surface area contributed by atoms with Crippen molar-refractivity contribution in [2.75, 3.05) is 0 Å². The van der Waals surface area contributed by atoms with Crippen LogP contribution in [0.3, 0.4) is 0 Å². The van der Waals surface area contributed by atoms with E-state index in [2.05, 4.69) is 158 Å². The summed E-state index contributed by atoms with van der Waals surface area (Å²) in [6.45, 7) is 0. The molecule has 0 heterocycles. The van der Waals surface area contributed by atoms with E-state index in [9.17, 15) is 0 Å². The molecule has 1 aliphatic carbocycles. The quantitative estimate of drug-likeness (QED) is 0.213. The molecule has 0 amide bonds. The first kappa shape index (κ1) is 23.3. The lowest BCUT2D eigenvalue weighted by Crippen LogP contribution is -1.86. The van der Waals surface area contributed by atoms with Crippen molar-refractivity contribution in [3.8, 4) is 55.6 Å². The fourth-order valence-electron chi connectivity index (χ4n) is 7.00. The highest BCUT2D eigenvalue weighted by atomic mass is 14.2. The Morgan fingerprint density at radius 3 is 1.62 bits per heavy atom. The average molecular weight is 531 g/mol. The van der Waals surface area contributed by atoms with Crippen LogP contribution in [0.4, 0.5) is 0 Å². The van der Waals surface area contributed by atoms with Crippen molar-refractivity contribution in [2.24, 2.45) is 0 Å². The molecule has 0 heteroatoms. The van der Waals surface area contributed by atoms with Crippen LogP contribution in [0.15, 0.2) is 158 Å². The van der Waals surface area contributed by atoms with Gasteiger partial charge in [-0.15, -0.1) is 0 Å². The number of benzene rings is 8. The van der Waals surface area contributed by atoms with E-state index in [0.717, 1.165) is 0 Å². The molecule has 0 aliphatic heterocycles. The molecule has 0 nitrogen and oxygen atoms in total. The summed E-state index contributed by atoms with van der Waals surface area (Å²) in [4.78, 5) is 0. The first-order valence-electron chi connectivity index (χ1n) is 14.6. The van der Waals surface area contributed by atoms with Crippen LogP contribution < -0.4 is 0 Å². The Kier molecular flexibility index (Phi) is 5.00. The molecule has 0 atom stereocenters. The highest BCUT2D eigenvalue weighted by Crippen LogP contribution is 2.49. The van der Waals surface area contributed by atoms with Crippen LogP contribution in [0.25, 0.3) is 88.0 Å². The maximum atomic E-state index is 2.35. The van der Waals surface area contributed by atoms with Crippen LogP contribution in [-0.2, 0) is 0 Å². The summed E-state index contributed by atoms with van der Waals surface area (Å²) in [5, 5.41) is 7.76. The molecular weight excluding hydrogens is 504 g/mol. The van der Waals surface area contributed by atoms with Gasteiger partial charge in [0.1, 0.15) is 0 Å². The van der Waals surface area contributed by atoms with Crippen LogP contribution in [0.1, 0.15) is 0 Å². The lowest BCUT2D eigenvalue weighted by atomic mass is 9.92. The van der Waals surface area contributed by atoms with Crippen LogP contribution >= 0.6 is 0 Å². The third-order valence-electron chi connectivity index (χ3n) is 9.00. The summed E-state index contributed by atoms with van der Waals surface area (Å²) in [5.74, 6) is 0. The molecule has 194 valence electrons. The summed E-state index contributed by atoms with van der Waals surface area (Å²) in [6, 6.07) is 58.0. The first-order valence-corrected chi connectivity index (χ1v) is 14.6. The monoisotopic (exact) mass is 530 g/mol. The van der Waals surface area contributed by atoms with Crippen molar-refractivity contribution >= 4 is 32.3 Å². The second-order valence-corrected chi connectivity index (χ2v) is 11.3. The summed E-state index contributed by atoms with van der Waals surface area (Å²) in [6.07, 6.45) is 0. The minimum atomic E-state index is 1.24. The summed E-state index contributed by atoms with van der Waals surface area (Å²) < 4.78 is 0. The van der Waals surface area contributed by atoms with Crippen molar-refractivity contribution in [2.45, 2.75) is 0 Å². The van der Waals surface area contributed by atoms with Gasteiger partial charge in [-0.25, -0.2) is 0 Å². The molecule has 8 aromatic rings. The van der Waals surface area contributed by atoms with Crippen molar-refractivity contribution in [1.29, 1.82) is 0 Å². The highest BCUT2D eigenvalue weighted by molar-refractivity contribution is 6.18. The van der Waals surface area contributed by atoms with Crippen molar-refractivity contribution in [3.05, 3.63) is 158 Å². The van der Waals surface area contributed by atoms with E-state index < -0.39 is 0 Å². The molecular formula is C42H26. The van der Waals surface area contributed by atoms with Gasteiger partial charge in [-0.3, -0.25) is 0 Å². The zero-order valence-electron chi connectivity index (χ0n) is 23.0. The van der Waals surface area contributed by atoms with Crippen LogP contribution in [0.2, 0.25) is 0 Å². The zero-order valence-corrected chi connectivity index (χ0v) is 23.0. The minimum absolute atomic E-state index is 1.24. The van der Waals surface area contributed by atoms with Gasteiger partial charge in [0.15, 0.2) is 0 Å². The van der Waals surface area contributed by atoms with E-state index in [1.807, 2.05) is 0 Å². The fourth-order valence-corrected chi connectivity index (χ4v) is 7.00. The molecule has 0 bridgehead atoms. The second kappa shape index (κ2) is 9.03. The number of hydrogen-bond acceptors (Lipinski definition) is 0. The minimum Gasteiger partial charge on any atom is -0.0616 e. The molecule has 9 rings (SSSR count). The third kappa shape index (κ3) is 3.49. The Labute approximate surface area is 245 Å². The molecule has 1 aliphatic rings. The molecule has 0 aromatic heterocycles. The topological polar surface area (TPSA) is 0 Å². The molecule has 0 saturated heterocycles. The summed E-state index contributed by atoms with van der Waals surface area (Å²) in [5.41, 5.74) is 12.9. The van der Waals surface area contributed by atoms with E-state index in [0.29, 0.717) is 0 Å². The predicted octanol–water partition coefficient (Wildman–Crippen LogP) is 11.8. The molecule has 0 saturated carbocycles. The maximum Gasteiger partial charge on any atom is -0.00201 e. The third-order valence-corrected chi connectivity index (χ3v) is 9.00. The van der Waals surface area contributed by atoms with Crippen LogP contribution in [0, 0.1) is 0 Å². The fraction of sp³-hybridized carbons (Fsp3) is 0. The smallest absolute Gasteiger partial charge is 0.00201 e. The first-order chi connectivity index (χ1) is 20.8. The Balaban J connectivity index is 1.12. The van der Waals surface area contributed by atoms with E-state index >= 15 is 0 Å². The molecule has 0 unspecified atom stereocenters. The van der Waals surface area contributed by atoms with Crippen molar-refractivity contribution in [3.63, 3.8) is 0 Å². The molecule has 42 heavy (non-hydrogen) atoms. The van der Waals surface area contributed by atoms with Gasteiger partial charge in [0.05, 0.1) is 0 Å². The molecule has 0 radical (unpaired) electrons. The van der Waals surface area contributed by atoms with E-state index in [4.69, 9.17) is 0 Å². The van der Waals surface area contributed by atoms with Crippen molar-refractivity contribution in [1.82, 2.24) is 0 Å². The van der Waals surface area contributed by atoms with Gasteiger partial charge in [-0.2, -0.15) is 0 Å². The second-order valence-electron chi connectivity index (χ2n) is 11.3. The van der Waals surface area contributed by atoms with E-state index in [1.54, 1.807) is 0 Å². The normalized spacial score (nSPS) is 11.8. The maximum absolute atomic E-state index is 2.35. The highest BCUT2D eigenvalue weighted by Gasteiger charge is 2.22. The Bertz CT molecular complexity index is 2320. The lowest BCUT2D eigenvalue weighted by Gasteiger charge is -2.12. The van der Waals surface area contributed by atoms with Crippen LogP contribution in [-0.4, -0.2) is 0 Å². The molecule has 0 spiro atoms. The van der Waals surface area contributed by atoms with Crippen LogP contribution in [0.5, 0.6) is 0 Å². The van der Waals surface area contributed by atoms with Gasteiger partial charge in [0.2, 0.25) is 0 Å². The average Bonchev–Trinajstić information content (AvgIpc) is 3.39. The van der Waals surface area contributed by atoms with Gasteiger partial charge < -0.3 is 0 Å². The number of fused-ring (bicyclic) bond motifs is 5. The SMILES string of the molecule is c1cc(-c2ccc3cc(-c4cccc5ccccc45)ccc3c2)cc(-c2ccc3c4c(cccc24)-c2ccccc2-3)c1. The standard InChI is InChI=1S/C42H26/c1-2-12-34-27(8-1)9-6-15-35(34)33-21-20-30-24-29(18-19-31(30)26-33)28-10-5-11-32(25-28)36-22-23-41-38-14-4-3-13-37(38)40-17-7-16-39(36)42(40)41/h1-26H. The van der Waals surface area contributed by atoms with E-state index in [-0.39, 0.29) is 0 Å². The van der Waals surface area contributed by atoms with Gasteiger partial charge >= 0.3 is 0 Å². The lowest BCUT2D eigenvalue weighted by molar-refractivity contribution is 1.62. The Morgan fingerprint density at radius 2 is 0.738 bits per heavy atom. The summed E-state index contributed by atoms with van der Waals surface area (Å²) in [7, 11) is 0. The predicted molar refractivity (Wildman–Crippen MR) is 180 cm³/mol. The number of rotatable bonds is 3. The van der Waals surface area contributed by atoms with Gasteiger partial charge in [-0.05, 0) is 106 Å². The Morgan fingerprint density at radius 1 is 0.238 bits per heavy atom. The van der Waals surface area contributed by atoms with E-state index in [1.165, 1.54) is 88.0 Å². The largest absolute Gasteiger partial charge is 0.0616 e. The van der Waals surface area contributed by atoms with Gasteiger partial charge in [0.25, 0.3) is 0 Å². The van der Waals surface area contributed by atoms with Gasteiger partial charge in [0, 0.05) is 0 Å². The Hall–Kier alpha value is -5.46. The van der Waals surface area contributed by atoms with Gasteiger partial charge in [-0.1, -0.05) is 140 Å². The zero-order chi connectivity index (χ0) is 27.6. The molecule has 8 aromatic carbocycles. The molecule has 0 N–H and O–H groups in total.